The Morgan fingerprint density at radius 1 is 1.02 bits per heavy atom. The lowest BCUT2D eigenvalue weighted by Gasteiger charge is -2.41. The number of rotatable bonds is 12. The Labute approximate surface area is 241 Å². The number of aromatic nitrogens is 2. The molecule has 5 rings (SSSR count). The number of para-hydroxylation sites is 2. The number of likely N-dealkylation sites (tertiary alicyclic amines) is 1. The molecule has 0 radical (unpaired) electrons. The number of hydrogen-bond donors (Lipinski definition) is 2. The summed E-state index contributed by atoms with van der Waals surface area (Å²) in [5, 5.41) is 10.1. The quantitative estimate of drug-likeness (QED) is 0.212. The SMILES string of the molecule is CC(CC1CC(n2c(=O)[nH]c3ccccc32)CCN1C(=O)O)N(CCCOCc1ccccc1)Cc1ccccc1. The maximum atomic E-state index is 12.9. The number of imidazole rings is 1. The van der Waals surface area contributed by atoms with Gasteiger partial charge in [0.25, 0.3) is 0 Å². The first kappa shape index (κ1) is 28.6. The van der Waals surface area contributed by atoms with E-state index in [0.717, 1.165) is 36.1 Å². The van der Waals surface area contributed by atoms with Gasteiger partial charge in [0.1, 0.15) is 0 Å². The highest BCUT2D eigenvalue weighted by Gasteiger charge is 2.35. The number of carboxylic acid groups (broad SMARTS) is 1. The largest absolute Gasteiger partial charge is 0.465 e. The van der Waals surface area contributed by atoms with Gasteiger partial charge in [-0.3, -0.25) is 9.47 Å². The van der Waals surface area contributed by atoms with Gasteiger partial charge in [0, 0.05) is 44.4 Å². The average molecular weight is 557 g/mol. The second-order valence-corrected chi connectivity index (χ2v) is 11.1. The summed E-state index contributed by atoms with van der Waals surface area (Å²) in [5.74, 6) is 0. The molecule has 3 atom stereocenters. The van der Waals surface area contributed by atoms with Crippen molar-refractivity contribution in [2.24, 2.45) is 0 Å². The van der Waals surface area contributed by atoms with Crippen molar-refractivity contribution in [3.05, 3.63) is 107 Å². The minimum atomic E-state index is -0.893. The third-order valence-corrected chi connectivity index (χ3v) is 8.23. The second-order valence-electron chi connectivity index (χ2n) is 11.1. The van der Waals surface area contributed by atoms with Gasteiger partial charge in [-0.2, -0.15) is 0 Å². The molecule has 1 fully saturated rings. The van der Waals surface area contributed by atoms with E-state index in [4.69, 9.17) is 4.74 Å². The fraction of sp³-hybridized carbons (Fsp3) is 0.394. The molecule has 2 N–H and O–H groups in total. The number of aromatic amines is 1. The van der Waals surface area contributed by atoms with E-state index in [2.05, 4.69) is 53.2 Å². The minimum absolute atomic E-state index is 0.0552. The van der Waals surface area contributed by atoms with Crippen LogP contribution in [-0.4, -0.2) is 62.3 Å². The summed E-state index contributed by atoms with van der Waals surface area (Å²) >= 11 is 0. The Kier molecular flexibility index (Phi) is 9.54. The normalized spacial score (nSPS) is 18.1. The first-order chi connectivity index (χ1) is 20.0. The van der Waals surface area contributed by atoms with E-state index in [-0.39, 0.29) is 23.8 Å². The molecule has 2 heterocycles. The Morgan fingerprint density at radius 2 is 1.71 bits per heavy atom. The van der Waals surface area contributed by atoms with Crippen LogP contribution in [0, 0.1) is 0 Å². The number of nitrogens with one attached hydrogen (secondary N) is 1. The third-order valence-electron chi connectivity index (χ3n) is 8.23. The van der Waals surface area contributed by atoms with Crippen LogP contribution in [0.1, 0.15) is 49.8 Å². The van der Waals surface area contributed by atoms with Gasteiger partial charge < -0.3 is 19.7 Å². The van der Waals surface area contributed by atoms with E-state index in [1.807, 2.05) is 53.1 Å². The Bertz CT molecular complexity index is 1450. The van der Waals surface area contributed by atoms with Crippen LogP contribution >= 0.6 is 0 Å². The molecule has 1 amide bonds. The number of piperidine rings is 1. The van der Waals surface area contributed by atoms with Gasteiger partial charge in [0.05, 0.1) is 17.6 Å². The van der Waals surface area contributed by atoms with Crippen molar-refractivity contribution < 1.29 is 14.6 Å². The topological polar surface area (TPSA) is 90.8 Å². The van der Waals surface area contributed by atoms with Gasteiger partial charge in [-0.25, -0.2) is 9.59 Å². The summed E-state index contributed by atoms with van der Waals surface area (Å²) in [6, 6.07) is 28.2. The molecule has 4 aromatic rings. The van der Waals surface area contributed by atoms with Crippen LogP contribution in [0.3, 0.4) is 0 Å². The van der Waals surface area contributed by atoms with Crippen LogP contribution in [0.2, 0.25) is 0 Å². The molecule has 1 aliphatic heterocycles. The van der Waals surface area contributed by atoms with Crippen LogP contribution in [0.25, 0.3) is 11.0 Å². The maximum absolute atomic E-state index is 12.9. The molecule has 1 aliphatic rings. The van der Waals surface area contributed by atoms with Gasteiger partial charge in [-0.1, -0.05) is 72.8 Å². The lowest BCUT2D eigenvalue weighted by Crippen LogP contribution is -2.49. The highest BCUT2D eigenvalue weighted by Crippen LogP contribution is 2.32. The fourth-order valence-electron chi connectivity index (χ4n) is 6.13. The standard InChI is InChI=1S/C33H40N4O4/c1-25(35(23-26-11-4-2-5-12-26)18-10-20-41-24-27-13-6-3-7-14-27)21-29-22-28(17-19-36(29)33(39)40)37-31-16-9-8-15-30(31)34-32(37)38/h2-9,11-16,25,28-29H,10,17-24H2,1H3,(H,34,38)(H,39,40). The van der Waals surface area contributed by atoms with Crippen LogP contribution in [0.4, 0.5) is 4.79 Å². The van der Waals surface area contributed by atoms with Crippen molar-refractivity contribution >= 4 is 17.1 Å². The van der Waals surface area contributed by atoms with Gasteiger partial charge in [0.15, 0.2) is 0 Å². The molecular weight excluding hydrogens is 516 g/mol. The van der Waals surface area contributed by atoms with E-state index in [0.29, 0.717) is 39.0 Å². The van der Waals surface area contributed by atoms with Gasteiger partial charge in [-0.15, -0.1) is 0 Å². The molecule has 3 aromatic carbocycles. The van der Waals surface area contributed by atoms with Crippen molar-refractivity contribution in [1.29, 1.82) is 0 Å². The molecule has 41 heavy (non-hydrogen) atoms. The van der Waals surface area contributed by atoms with Crippen molar-refractivity contribution in [3.63, 3.8) is 0 Å². The number of hydrogen-bond acceptors (Lipinski definition) is 4. The van der Waals surface area contributed by atoms with E-state index >= 15 is 0 Å². The van der Waals surface area contributed by atoms with Crippen LogP contribution < -0.4 is 5.69 Å². The third kappa shape index (κ3) is 7.26. The van der Waals surface area contributed by atoms with Crippen LogP contribution in [0.5, 0.6) is 0 Å². The molecule has 8 nitrogen and oxygen atoms in total. The molecule has 8 heteroatoms. The number of nitrogens with zero attached hydrogens (tertiary/aromatic N) is 3. The predicted octanol–water partition coefficient (Wildman–Crippen LogP) is 5.90. The summed E-state index contributed by atoms with van der Waals surface area (Å²) < 4.78 is 7.78. The zero-order valence-electron chi connectivity index (χ0n) is 23.7. The molecule has 0 spiro atoms. The molecule has 216 valence electrons. The van der Waals surface area contributed by atoms with E-state index < -0.39 is 6.09 Å². The molecule has 0 bridgehead atoms. The molecule has 0 saturated carbocycles. The molecule has 1 saturated heterocycles. The number of carbonyl (C=O) groups is 1. The summed E-state index contributed by atoms with van der Waals surface area (Å²) in [6.45, 7) is 5.48. The number of fused-ring (bicyclic) bond motifs is 1. The summed E-state index contributed by atoms with van der Waals surface area (Å²) in [6.07, 6.45) is 1.90. The zero-order chi connectivity index (χ0) is 28.6. The highest BCUT2D eigenvalue weighted by molar-refractivity contribution is 5.75. The van der Waals surface area contributed by atoms with Gasteiger partial charge >= 0.3 is 11.8 Å². The summed E-state index contributed by atoms with van der Waals surface area (Å²) in [4.78, 5) is 32.1. The number of amides is 1. The van der Waals surface area contributed by atoms with Crippen molar-refractivity contribution in [3.8, 4) is 0 Å². The molecular formula is C33H40N4O4. The second kappa shape index (κ2) is 13.7. The molecule has 3 unspecified atom stereocenters. The summed E-state index contributed by atoms with van der Waals surface area (Å²) in [5.41, 5.74) is 3.95. The average Bonchev–Trinajstić information content (AvgIpc) is 3.32. The van der Waals surface area contributed by atoms with Crippen LogP contribution in [-0.2, 0) is 17.9 Å². The number of ether oxygens (including phenoxy) is 1. The lowest BCUT2D eigenvalue weighted by molar-refractivity contribution is 0.0648. The Balaban J connectivity index is 1.27. The van der Waals surface area contributed by atoms with Crippen molar-refractivity contribution in [2.75, 3.05) is 19.7 Å². The highest BCUT2D eigenvalue weighted by atomic mass is 16.5. The lowest BCUT2D eigenvalue weighted by atomic mass is 9.92. The van der Waals surface area contributed by atoms with Gasteiger partial charge in [-0.05, 0) is 55.9 Å². The Hall–Kier alpha value is -3.88. The number of H-pyrrole nitrogens is 1. The van der Waals surface area contributed by atoms with Crippen molar-refractivity contribution in [2.45, 2.75) is 63.9 Å². The Morgan fingerprint density at radius 3 is 2.44 bits per heavy atom. The summed E-state index contributed by atoms with van der Waals surface area (Å²) in [7, 11) is 0. The van der Waals surface area contributed by atoms with Gasteiger partial charge in [0.2, 0.25) is 0 Å². The van der Waals surface area contributed by atoms with Crippen molar-refractivity contribution in [1.82, 2.24) is 19.4 Å². The first-order valence-electron chi connectivity index (χ1n) is 14.6. The molecule has 1 aromatic heterocycles. The predicted molar refractivity (Wildman–Crippen MR) is 161 cm³/mol. The smallest absolute Gasteiger partial charge is 0.407 e. The zero-order valence-corrected chi connectivity index (χ0v) is 23.7. The van der Waals surface area contributed by atoms with E-state index in [9.17, 15) is 14.7 Å². The monoisotopic (exact) mass is 556 g/mol. The van der Waals surface area contributed by atoms with E-state index in [1.54, 1.807) is 4.90 Å². The minimum Gasteiger partial charge on any atom is -0.465 e. The van der Waals surface area contributed by atoms with E-state index in [1.165, 1.54) is 5.56 Å². The first-order valence-corrected chi connectivity index (χ1v) is 14.6. The van der Waals surface area contributed by atoms with Crippen LogP contribution in [0.15, 0.2) is 89.7 Å². The maximum Gasteiger partial charge on any atom is 0.407 e. The fourth-order valence-corrected chi connectivity index (χ4v) is 6.13. The number of benzene rings is 3. The molecule has 0 aliphatic carbocycles.